The third-order valence-electron chi connectivity index (χ3n) is 6.61. The predicted molar refractivity (Wildman–Crippen MR) is 155 cm³/mol. The largest absolute Gasteiger partial charge is 0.724 e. The number of carboxylic acid groups (broad SMARTS) is 1. The van der Waals surface area contributed by atoms with E-state index < -0.39 is 58.2 Å². The molecule has 0 radical (unpaired) electrons. The van der Waals surface area contributed by atoms with Gasteiger partial charge in [0, 0.05) is 11.9 Å². The minimum absolute atomic E-state index is 0.0528. The summed E-state index contributed by atoms with van der Waals surface area (Å²) in [6.07, 6.45) is 2.20. The predicted octanol–water partition coefficient (Wildman–Crippen LogP) is -1.27. The third-order valence-corrected chi connectivity index (χ3v) is 7.62. The van der Waals surface area contributed by atoms with E-state index in [-0.39, 0.29) is 10.8 Å². The Bertz CT molecular complexity index is 1720. The van der Waals surface area contributed by atoms with Gasteiger partial charge in [-0.2, -0.15) is 14.0 Å². The quantitative estimate of drug-likeness (QED) is 0.0391. The van der Waals surface area contributed by atoms with Crippen LogP contribution in [0.15, 0.2) is 47.2 Å². The van der Waals surface area contributed by atoms with Crippen molar-refractivity contribution in [3.05, 3.63) is 47.7 Å². The molecule has 1 aromatic carbocycles. The van der Waals surface area contributed by atoms with Crippen molar-refractivity contribution in [1.82, 2.24) is 20.0 Å². The fourth-order valence-corrected chi connectivity index (χ4v) is 5.26. The molecule has 2 aromatic heterocycles. The van der Waals surface area contributed by atoms with Gasteiger partial charge in [-0.25, -0.2) is 18.2 Å². The van der Waals surface area contributed by atoms with Gasteiger partial charge >= 0.3 is 5.97 Å². The number of carboxylic acids is 1. The van der Waals surface area contributed by atoms with Gasteiger partial charge in [-0.05, 0) is 31.5 Å². The van der Waals surface area contributed by atoms with Gasteiger partial charge in [-0.15, -0.1) is 16.0 Å². The number of anilines is 1. The van der Waals surface area contributed by atoms with E-state index in [4.69, 9.17) is 21.0 Å². The van der Waals surface area contributed by atoms with Crippen molar-refractivity contribution in [3.63, 3.8) is 0 Å². The van der Waals surface area contributed by atoms with Crippen molar-refractivity contribution in [2.75, 3.05) is 18.9 Å². The number of ether oxygens (including phenoxy) is 1. The number of hydrogen-bond acceptors (Lipinski definition) is 14. The van der Waals surface area contributed by atoms with E-state index in [2.05, 4.69) is 19.7 Å². The topological polar surface area (TPSA) is 258 Å². The number of hydroxylamine groups is 2. The number of hydrogen-bond donors (Lipinski definition) is 4. The molecular weight excluding hydrogens is 636 g/mol. The van der Waals surface area contributed by atoms with Gasteiger partial charge in [0.05, 0.1) is 23.8 Å². The van der Waals surface area contributed by atoms with Gasteiger partial charge in [0.25, 0.3) is 17.9 Å². The fraction of sp³-hybridized carbons (Fsp3) is 0.360. The lowest BCUT2D eigenvalue weighted by Crippen LogP contribution is -2.76. The van der Waals surface area contributed by atoms with Crippen molar-refractivity contribution in [2.45, 2.75) is 38.1 Å². The summed E-state index contributed by atoms with van der Waals surface area (Å²) in [6, 6.07) is 5.54. The molecule has 6 N–H and O–H groups in total. The van der Waals surface area contributed by atoms with Gasteiger partial charge in [0.15, 0.2) is 17.9 Å². The summed E-state index contributed by atoms with van der Waals surface area (Å²) in [5.74, 6) is -3.18. The van der Waals surface area contributed by atoms with Crippen LogP contribution < -0.4 is 26.2 Å². The van der Waals surface area contributed by atoms with Crippen LogP contribution in [-0.4, -0.2) is 87.1 Å². The zero-order valence-corrected chi connectivity index (χ0v) is 25.8. The molecule has 1 aliphatic heterocycles. The molecule has 4 rings (SSSR count). The Kier molecular flexibility index (Phi) is 9.73. The number of nitrogens with one attached hydrogen (secondary N) is 1. The summed E-state index contributed by atoms with van der Waals surface area (Å²) in [7, 11) is -3.37. The molecule has 1 aliphatic rings. The van der Waals surface area contributed by atoms with Crippen molar-refractivity contribution in [2.24, 2.45) is 17.9 Å². The van der Waals surface area contributed by atoms with E-state index in [1.807, 2.05) is 28.8 Å². The molecule has 2 amide bonds. The Balaban J connectivity index is 1.45. The second-order valence-electron chi connectivity index (χ2n) is 10.2. The molecule has 3 heterocycles. The number of nitrogens with zero attached hydrogens (tertiary/aromatic N) is 5. The Morgan fingerprint density at radius 1 is 1.29 bits per heavy atom. The molecule has 0 bridgehead atoms. The molecule has 0 unspecified atom stereocenters. The zero-order valence-electron chi connectivity index (χ0n) is 24.1. The van der Waals surface area contributed by atoms with Crippen LogP contribution >= 0.6 is 11.3 Å². The molecular formula is C25H30N8O10S2. The average Bonchev–Trinajstić information content (AvgIpc) is 3.56. The molecule has 1 fully saturated rings. The van der Waals surface area contributed by atoms with Crippen LogP contribution in [0.3, 0.4) is 0 Å². The van der Waals surface area contributed by atoms with Gasteiger partial charge in [-0.1, -0.05) is 17.3 Å². The lowest BCUT2D eigenvalue weighted by Gasteiger charge is -2.51. The first kappa shape index (κ1) is 33.3. The summed E-state index contributed by atoms with van der Waals surface area (Å²) < 4.78 is 46.5. The highest BCUT2D eigenvalue weighted by Crippen LogP contribution is 2.33. The van der Waals surface area contributed by atoms with Crippen LogP contribution in [-0.2, 0) is 47.5 Å². The van der Waals surface area contributed by atoms with Crippen LogP contribution in [0.4, 0.5) is 5.13 Å². The number of aliphatic carboxylic acids is 1. The highest BCUT2D eigenvalue weighted by molar-refractivity contribution is 7.80. The first-order valence-corrected chi connectivity index (χ1v) is 15.3. The lowest BCUT2D eigenvalue weighted by molar-refractivity contribution is -0.753. The molecule has 0 spiro atoms. The van der Waals surface area contributed by atoms with Crippen LogP contribution in [0, 0.1) is 0 Å². The van der Waals surface area contributed by atoms with Crippen molar-refractivity contribution >= 4 is 50.4 Å². The second kappa shape index (κ2) is 13.2. The third kappa shape index (κ3) is 7.72. The van der Waals surface area contributed by atoms with Gasteiger partial charge in [0.2, 0.25) is 16.6 Å². The number of amides is 2. The maximum atomic E-state index is 13.2. The number of nitrogens with two attached hydrogens (primary N) is 2. The standard InChI is InChI=1S/C25H30N8O10S2/c1-25(2)20(22(35)33(25)43-45(38,39)40)29-21(34)19(17-13-44-24(27)28-17)30-42-18(23(36)37)12-41-16-6-4-14(5-7-16)15-10-31(3)32(11-15)9-8-26/h4-7,10-11,13,18,20H,8-9,12,26H2,1-3H3,(H4-,27,28,29,34,36,37,38,39,40)/b30-19-/t18-,20+/m0/s1. The summed E-state index contributed by atoms with van der Waals surface area (Å²) in [6.45, 7) is 3.30. The first-order chi connectivity index (χ1) is 21.1. The molecule has 1 saturated heterocycles. The summed E-state index contributed by atoms with van der Waals surface area (Å²) in [5.41, 5.74) is 11.1. The van der Waals surface area contributed by atoms with E-state index in [0.717, 1.165) is 22.5 Å². The van der Waals surface area contributed by atoms with Crippen molar-refractivity contribution in [1.29, 1.82) is 0 Å². The van der Waals surface area contributed by atoms with Crippen LogP contribution in [0.2, 0.25) is 0 Å². The lowest BCUT2D eigenvalue weighted by atomic mass is 9.84. The molecule has 0 saturated carbocycles. The van der Waals surface area contributed by atoms with E-state index >= 15 is 0 Å². The number of aryl methyl sites for hydroxylation is 1. The zero-order chi connectivity index (χ0) is 33.1. The molecule has 20 heteroatoms. The molecule has 0 aliphatic carbocycles. The highest BCUT2D eigenvalue weighted by Gasteiger charge is 2.57. The molecule has 2 atom stereocenters. The highest BCUT2D eigenvalue weighted by atomic mass is 32.3. The molecule has 242 valence electrons. The Morgan fingerprint density at radius 3 is 2.53 bits per heavy atom. The molecule has 18 nitrogen and oxygen atoms in total. The number of carbonyl (C=O) groups is 3. The van der Waals surface area contributed by atoms with E-state index in [1.165, 1.54) is 19.2 Å². The summed E-state index contributed by atoms with van der Waals surface area (Å²) >= 11 is 0.952. The first-order valence-electron chi connectivity index (χ1n) is 13.1. The van der Waals surface area contributed by atoms with Gasteiger partial charge in [-0.3, -0.25) is 9.59 Å². The second-order valence-corrected chi connectivity index (χ2v) is 12.0. The van der Waals surface area contributed by atoms with E-state index in [0.29, 0.717) is 23.9 Å². The van der Waals surface area contributed by atoms with Gasteiger partial charge < -0.3 is 36.0 Å². The van der Waals surface area contributed by atoms with Crippen molar-refractivity contribution < 1.29 is 51.0 Å². The maximum absolute atomic E-state index is 13.2. The monoisotopic (exact) mass is 666 g/mol. The number of aromatic nitrogens is 3. The van der Waals surface area contributed by atoms with Gasteiger partial charge in [0.1, 0.15) is 24.1 Å². The Hall–Kier alpha value is -4.63. The number of benzene rings is 1. The minimum atomic E-state index is -5.26. The fourth-order valence-electron chi connectivity index (χ4n) is 4.26. The van der Waals surface area contributed by atoms with Crippen molar-refractivity contribution in [3.8, 4) is 16.9 Å². The maximum Gasteiger partial charge on any atom is 0.351 e. The summed E-state index contributed by atoms with van der Waals surface area (Å²) in [5, 5.41) is 17.5. The SMILES string of the molecule is C[n+]1cc(-c2ccc(OC[C@H](O/N=C(\C(=O)N[C@@H]3C(=O)N(OS(=O)(=O)[O-])C3(C)C)c3csc(N)n3)C(=O)O)cc2)cn1CCN. The summed E-state index contributed by atoms with van der Waals surface area (Å²) in [4.78, 5) is 46.7. The van der Waals surface area contributed by atoms with E-state index in [1.54, 1.807) is 24.3 Å². The number of thiazole rings is 1. The minimum Gasteiger partial charge on any atom is -0.724 e. The van der Waals surface area contributed by atoms with E-state index in [9.17, 15) is 32.5 Å². The Morgan fingerprint density at radius 2 is 1.98 bits per heavy atom. The smallest absolute Gasteiger partial charge is 0.351 e. The Labute approximate surface area is 260 Å². The average molecular weight is 667 g/mol. The number of carbonyl (C=O) groups excluding carboxylic acids is 2. The number of nitrogen functional groups attached to an aromatic ring is 1. The molecule has 3 aromatic rings. The number of oxime groups is 1. The normalized spacial score (nSPS) is 17.0. The number of rotatable bonds is 14. The molecule has 45 heavy (non-hydrogen) atoms. The van der Waals surface area contributed by atoms with Crippen LogP contribution in [0.1, 0.15) is 19.5 Å². The van der Waals surface area contributed by atoms with Crippen LogP contribution in [0.25, 0.3) is 11.1 Å². The number of β-lactam (4-membered cyclic amide) rings is 1. The van der Waals surface area contributed by atoms with Crippen LogP contribution in [0.5, 0.6) is 5.75 Å².